The maximum absolute atomic E-state index is 9.10. The molecule has 0 atom stereocenters. The number of benzene rings is 10. The fourth-order valence-electron chi connectivity index (χ4n) is 13.3. The molecule has 0 fully saturated rings. The molecular formula is C76H62N4O. The van der Waals surface area contributed by atoms with E-state index in [1.165, 1.54) is 74.0 Å². The van der Waals surface area contributed by atoms with Gasteiger partial charge in [0, 0.05) is 50.0 Å². The Morgan fingerprint density at radius 2 is 1.09 bits per heavy atom. The second-order valence-corrected chi connectivity index (χ2v) is 23.8. The van der Waals surface area contributed by atoms with Crippen LogP contribution in [0.25, 0.3) is 72.1 Å². The highest BCUT2D eigenvalue weighted by molar-refractivity contribution is 6.10. The van der Waals surface area contributed by atoms with Crippen molar-refractivity contribution in [2.24, 2.45) is 0 Å². The molecule has 3 aliphatic rings. The molecule has 3 heterocycles. The number of fused-ring (bicyclic) bond motifs is 14. The first kappa shape index (κ1) is 41.6. The van der Waals surface area contributed by atoms with Gasteiger partial charge >= 0.3 is 0 Å². The normalized spacial score (nSPS) is 15.3. The molecular weight excluding hydrogens is 985 g/mol. The summed E-state index contributed by atoms with van der Waals surface area (Å²) in [4.78, 5) is 9.41. The van der Waals surface area contributed by atoms with Crippen LogP contribution in [0.1, 0.15) is 90.1 Å². The van der Waals surface area contributed by atoms with Gasteiger partial charge in [-0.15, -0.1) is 0 Å². The summed E-state index contributed by atoms with van der Waals surface area (Å²) in [7, 11) is 0. The van der Waals surface area contributed by atoms with Crippen molar-refractivity contribution in [3.8, 4) is 61.8 Å². The fraction of sp³-hybridized carbons (Fsp3) is 0.145. The number of hydrogen-bond donors (Lipinski definition) is 0. The maximum atomic E-state index is 9.10. The summed E-state index contributed by atoms with van der Waals surface area (Å²) in [5, 5.41) is 0.834. The van der Waals surface area contributed by atoms with Gasteiger partial charge in [-0.1, -0.05) is 205 Å². The summed E-state index contributed by atoms with van der Waals surface area (Å²) < 4.78 is 68.4. The van der Waals surface area contributed by atoms with E-state index in [0.29, 0.717) is 34.5 Å². The third-order valence-corrected chi connectivity index (χ3v) is 17.0. The molecule has 0 saturated carbocycles. The molecule has 15 rings (SSSR count). The van der Waals surface area contributed by atoms with Gasteiger partial charge in [-0.25, -0.2) is 4.98 Å². The SMILES string of the molecule is [2H]c1c([2H])c([2H])c2c(c1[2H])c1ccc(Oc3cccc(N4CN(c5c(-c6cc(C(C)(C)C)cc(C(C)(C)C)c6)cccc5-c5cccc6c5-c5ccccc5C65c6ccccc6-c6ccccc65)c5ccccc54)c3)cc1n2-c1cc(C([2H])([2H])[2H])ccn1. The second-order valence-electron chi connectivity index (χ2n) is 23.8. The van der Waals surface area contributed by atoms with Crippen LogP contribution in [0.5, 0.6) is 11.5 Å². The summed E-state index contributed by atoms with van der Waals surface area (Å²) in [6, 6.07) is 71.7. The standard InChI is InChI=1S/C76H62N4O/c1-48-39-40-77-71(41-48)80-67-34-15-11-25-58(67)59-38-37-54(46-70(59)80)81-53-22-18-21-52(45-53)78-47-79(69-36-17-16-35-68(69)78)73-55(49-42-50(74(2,3)4)44-51(43-49)75(5,6)7)27-19-29-61(73)60-28-20-33-66-72(60)62-26-10-14-32-65(62)76(66)63-30-12-8-23-56(63)57-24-9-13-31-64(57)76/h8-46H,47H2,1-7H3/i1D3,11D,15D,25D,34D. The zero-order chi connectivity index (χ0) is 60.9. The van der Waals surface area contributed by atoms with Gasteiger partial charge in [0.2, 0.25) is 0 Å². The van der Waals surface area contributed by atoms with Crippen molar-refractivity contribution >= 4 is 44.6 Å². The van der Waals surface area contributed by atoms with Gasteiger partial charge in [-0.3, -0.25) is 4.57 Å². The molecule has 12 aromatic rings. The lowest BCUT2D eigenvalue weighted by Gasteiger charge is -2.31. The Bertz CT molecular complexity index is 4830. The third kappa shape index (κ3) is 7.48. The molecule has 10 aromatic carbocycles. The fourth-order valence-corrected chi connectivity index (χ4v) is 13.3. The minimum absolute atomic E-state index is 0.0493. The Hall–Kier alpha value is -9.45. The Balaban J connectivity index is 0.894. The molecule has 1 spiro atoms. The van der Waals surface area contributed by atoms with Crippen molar-refractivity contribution in [1.29, 1.82) is 0 Å². The average molecular weight is 1050 g/mol. The van der Waals surface area contributed by atoms with Crippen LogP contribution in [-0.2, 0) is 16.2 Å². The number of nitrogens with zero attached hydrogens (tertiary/aromatic N) is 4. The second kappa shape index (κ2) is 18.0. The van der Waals surface area contributed by atoms with Crippen molar-refractivity contribution in [3.05, 3.63) is 276 Å². The van der Waals surface area contributed by atoms with E-state index in [4.69, 9.17) is 14.3 Å². The van der Waals surface area contributed by atoms with Gasteiger partial charge in [-0.05, 0) is 145 Å². The van der Waals surface area contributed by atoms with E-state index in [1.54, 1.807) is 22.8 Å². The van der Waals surface area contributed by atoms with E-state index in [0.717, 1.165) is 45.0 Å². The predicted molar refractivity (Wildman–Crippen MR) is 336 cm³/mol. The number of aromatic nitrogens is 2. The van der Waals surface area contributed by atoms with Crippen LogP contribution in [0.3, 0.4) is 0 Å². The molecule has 81 heavy (non-hydrogen) atoms. The highest BCUT2D eigenvalue weighted by atomic mass is 16.5. The third-order valence-electron chi connectivity index (χ3n) is 17.0. The van der Waals surface area contributed by atoms with Crippen LogP contribution >= 0.6 is 0 Å². The number of para-hydroxylation sites is 4. The van der Waals surface area contributed by atoms with Crippen LogP contribution in [-0.4, -0.2) is 16.2 Å². The van der Waals surface area contributed by atoms with E-state index in [-0.39, 0.29) is 45.9 Å². The van der Waals surface area contributed by atoms with E-state index in [9.17, 15) is 0 Å². The summed E-state index contributed by atoms with van der Waals surface area (Å²) in [5.41, 5.74) is 21.3. The Morgan fingerprint density at radius 1 is 0.494 bits per heavy atom. The predicted octanol–water partition coefficient (Wildman–Crippen LogP) is 19.8. The highest BCUT2D eigenvalue weighted by Gasteiger charge is 2.52. The zero-order valence-electron chi connectivity index (χ0n) is 53.1. The molecule has 0 saturated heterocycles. The van der Waals surface area contributed by atoms with Gasteiger partial charge in [0.1, 0.15) is 24.0 Å². The van der Waals surface area contributed by atoms with Gasteiger partial charge in [0.05, 0.1) is 39.0 Å². The Morgan fingerprint density at radius 3 is 1.81 bits per heavy atom. The number of pyridine rings is 1. The molecule has 0 bridgehead atoms. The number of anilines is 4. The molecule has 2 aromatic heterocycles. The molecule has 2 aliphatic carbocycles. The summed E-state index contributed by atoms with van der Waals surface area (Å²) >= 11 is 0. The monoisotopic (exact) mass is 1050 g/mol. The lowest BCUT2D eigenvalue weighted by Crippen LogP contribution is -2.26. The average Bonchev–Trinajstić information content (AvgIpc) is 1.51. The van der Waals surface area contributed by atoms with Crippen LogP contribution in [0.15, 0.2) is 237 Å². The van der Waals surface area contributed by atoms with Gasteiger partial charge in [0.25, 0.3) is 0 Å². The first-order valence-electron chi connectivity index (χ1n) is 31.4. The van der Waals surface area contributed by atoms with E-state index in [2.05, 4.69) is 214 Å². The van der Waals surface area contributed by atoms with Crippen LogP contribution in [0.2, 0.25) is 0 Å². The van der Waals surface area contributed by atoms with Gasteiger partial charge < -0.3 is 14.5 Å². The van der Waals surface area contributed by atoms with Crippen LogP contribution in [0, 0.1) is 6.85 Å². The molecule has 5 heteroatoms. The zero-order valence-corrected chi connectivity index (χ0v) is 46.1. The summed E-state index contributed by atoms with van der Waals surface area (Å²) in [6.45, 7) is 11.8. The topological polar surface area (TPSA) is 33.5 Å². The highest BCUT2D eigenvalue weighted by Crippen LogP contribution is 2.65. The lowest BCUT2D eigenvalue weighted by atomic mass is 9.70. The maximum Gasteiger partial charge on any atom is 0.137 e. The molecule has 0 amide bonds. The van der Waals surface area contributed by atoms with E-state index >= 15 is 0 Å². The quantitative estimate of drug-likeness (QED) is 0.159. The number of aryl methyl sites for hydroxylation is 1. The lowest BCUT2D eigenvalue weighted by molar-refractivity contribution is 0.483. The molecule has 1 aliphatic heterocycles. The Kier molecular flexibility index (Phi) is 9.26. The van der Waals surface area contributed by atoms with Crippen molar-refractivity contribution in [2.75, 3.05) is 16.5 Å². The number of rotatable bonds is 7. The number of hydrogen-bond acceptors (Lipinski definition) is 4. The van der Waals surface area contributed by atoms with Gasteiger partial charge in [0.15, 0.2) is 0 Å². The van der Waals surface area contributed by atoms with Crippen molar-refractivity contribution in [3.63, 3.8) is 0 Å². The van der Waals surface area contributed by atoms with E-state index in [1.807, 2.05) is 18.2 Å². The smallest absolute Gasteiger partial charge is 0.137 e. The molecule has 392 valence electrons. The number of ether oxygens (including phenoxy) is 1. The van der Waals surface area contributed by atoms with E-state index < -0.39 is 18.3 Å². The summed E-state index contributed by atoms with van der Waals surface area (Å²) in [6.07, 6.45) is 1.41. The summed E-state index contributed by atoms with van der Waals surface area (Å²) in [5.74, 6) is 1.19. The largest absolute Gasteiger partial charge is 0.457 e. The Labute approximate surface area is 484 Å². The van der Waals surface area contributed by atoms with Crippen molar-refractivity contribution in [2.45, 2.75) is 64.6 Å². The van der Waals surface area contributed by atoms with Crippen LogP contribution in [0.4, 0.5) is 22.7 Å². The molecule has 0 unspecified atom stereocenters. The molecule has 0 radical (unpaired) electrons. The molecule has 5 nitrogen and oxygen atoms in total. The minimum Gasteiger partial charge on any atom is -0.457 e. The minimum atomic E-state index is -2.45. The first-order chi connectivity index (χ1) is 42.2. The van der Waals surface area contributed by atoms with Crippen molar-refractivity contribution in [1.82, 2.24) is 9.55 Å². The van der Waals surface area contributed by atoms with Gasteiger partial charge in [-0.2, -0.15) is 0 Å². The first-order valence-corrected chi connectivity index (χ1v) is 27.9. The van der Waals surface area contributed by atoms with Crippen LogP contribution < -0.4 is 14.5 Å². The van der Waals surface area contributed by atoms with Crippen molar-refractivity contribution < 1.29 is 14.3 Å². The molecule has 0 N–H and O–H groups in total.